The minimum atomic E-state index is -0.559. The Balaban J connectivity index is 1.68. The van der Waals surface area contributed by atoms with E-state index in [9.17, 15) is 14.4 Å². The van der Waals surface area contributed by atoms with Gasteiger partial charge in [-0.25, -0.2) is 9.59 Å². The van der Waals surface area contributed by atoms with Crippen LogP contribution in [0.1, 0.15) is 71.8 Å². The fraction of sp³-hybridized carbons (Fsp3) is 0.609. The molecule has 2 aromatic rings. The quantitative estimate of drug-likeness (QED) is 0.602. The molecule has 2 N–H and O–H groups in total. The van der Waals surface area contributed by atoms with Crippen molar-refractivity contribution < 1.29 is 18.8 Å². The first kappa shape index (κ1) is 24.5. The largest absolute Gasteiger partial charge is 0.450 e. The highest BCUT2D eigenvalue weighted by atomic mass is 16.6. The van der Waals surface area contributed by atoms with E-state index in [1.807, 2.05) is 0 Å². The summed E-state index contributed by atoms with van der Waals surface area (Å²) in [6.45, 7) is 8.52. The van der Waals surface area contributed by atoms with Gasteiger partial charge < -0.3 is 19.3 Å². The highest BCUT2D eigenvalue weighted by Crippen LogP contribution is 2.23. The number of hydrogen-bond donors (Lipinski definition) is 2. The summed E-state index contributed by atoms with van der Waals surface area (Å²) in [6.07, 6.45) is 4.60. The summed E-state index contributed by atoms with van der Waals surface area (Å²) in [5.41, 5.74) is 0.507. The van der Waals surface area contributed by atoms with Gasteiger partial charge in [0.25, 0.3) is 5.56 Å². The van der Waals surface area contributed by atoms with E-state index < -0.39 is 17.3 Å². The lowest BCUT2D eigenvalue weighted by Crippen LogP contribution is -2.38. The van der Waals surface area contributed by atoms with Crippen LogP contribution in [0, 0.1) is 5.41 Å². The van der Waals surface area contributed by atoms with E-state index in [2.05, 4.69) is 41.2 Å². The molecule has 2 aromatic heterocycles. The lowest BCUT2D eigenvalue weighted by atomic mass is 9.89. The molecule has 0 radical (unpaired) electrons. The van der Waals surface area contributed by atoms with Gasteiger partial charge in [-0.05, 0) is 62.8 Å². The number of nitrogens with one attached hydrogen (secondary N) is 2. The van der Waals surface area contributed by atoms with E-state index in [-0.39, 0.29) is 28.6 Å². The Bertz CT molecular complexity index is 1120. The van der Waals surface area contributed by atoms with Gasteiger partial charge in [-0.1, -0.05) is 25.9 Å². The molecule has 10 nitrogen and oxygen atoms in total. The third-order valence-electron chi connectivity index (χ3n) is 5.47. The summed E-state index contributed by atoms with van der Waals surface area (Å²) in [6, 6.07) is 1.24. The lowest BCUT2D eigenvalue weighted by molar-refractivity contribution is 0.146. The molecule has 1 fully saturated rings. The Morgan fingerprint density at radius 1 is 1.30 bits per heavy atom. The molecule has 1 aliphatic carbocycles. The van der Waals surface area contributed by atoms with Crippen molar-refractivity contribution in [2.75, 3.05) is 6.61 Å². The number of aromatic nitrogens is 2. The van der Waals surface area contributed by atoms with Gasteiger partial charge in [-0.15, -0.1) is 0 Å². The first-order valence-electron chi connectivity index (χ1n) is 11.4. The van der Waals surface area contributed by atoms with Gasteiger partial charge in [0.1, 0.15) is 5.39 Å². The molecule has 33 heavy (non-hydrogen) atoms. The first-order chi connectivity index (χ1) is 15.6. The van der Waals surface area contributed by atoms with Crippen LogP contribution in [0.3, 0.4) is 0 Å². The van der Waals surface area contributed by atoms with Crippen molar-refractivity contribution in [1.82, 2.24) is 15.3 Å². The highest BCUT2D eigenvalue weighted by molar-refractivity contribution is 5.85. The van der Waals surface area contributed by atoms with Gasteiger partial charge in [0.2, 0.25) is 5.71 Å². The van der Waals surface area contributed by atoms with Gasteiger partial charge in [0.05, 0.1) is 12.3 Å². The number of nitrogens with zero attached hydrogens (tertiary/aromatic N) is 2. The molecule has 0 aromatic carbocycles. The lowest BCUT2D eigenvalue weighted by Gasteiger charge is -2.23. The fourth-order valence-electron chi connectivity index (χ4n) is 3.81. The van der Waals surface area contributed by atoms with Crippen LogP contribution in [0.2, 0.25) is 0 Å². The Morgan fingerprint density at radius 3 is 2.70 bits per heavy atom. The van der Waals surface area contributed by atoms with Crippen LogP contribution < -0.4 is 21.3 Å². The van der Waals surface area contributed by atoms with Crippen LogP contribution in [0.25, 0.3) is 11.1 Å². The number of carbonyl (C=O) groups is 1. The Hall–Kier alpha value is -3.17. The molecule has 0 bridgehead atoms. The maximum absolute atomic E-state index is 12.7. The van der Waals surface area contributed by atoms with Crippen molar-refractivity contribution in [3.8, 4) is 6.01 Å². The predicted octanol–water partition coefficient (Wildman–Crippen LogP) is 3.67. The van der Waals surface area contributed by atoms with Gasteiger partial charge in [0, 0.05) is 12.1 Å². The summed E-state index contributed by atoms with van der Waals surface area (Å²) in [5.74, 6) is 0. The van der Waals surface area contributed by atoms with Crippen molar-refractivity contribution in [2.45, 2.75) is 78.7 Å². The monoisotopic (exact) mass is 460 g/mol. The number of rotatable bonds is 7. The van der Waals surface area contributed by atoms with E-state index >= 15 is 0 Å². The molecule has 3 rings (SSSR count). The van der Waals surface area contributed by atoms with Crippen molar-refractivity contribution in [3.05, 3.63) is 32.4 Å². The number of carbonyl (C=O) groups excluding carboxylic acids is 1. The average molecular weight is 461 g/mol. The first-order valence-corrected chi connectivity index (χ1v) is 11.4. The summed E-state index contributed by atoms with van der Waals surface area (Å²) in [7, 11) is 0. The Morgan fingerprint density at radius 2 is 2.03 bits per heavy atom. The average Bonchev–Trinajstić information content (AvgIpc) is 2.72. The minimum absolute atomic E-state index is 0.0209. The van der Waals surface area contributed by atoms with E-state index in [1.165, 1.54) is 6.07 Å². The summed E-state index contributed by atoms with van der Waals surface area (Å²) in [5, 5.41) is 7.17. The normalized spacial score (nSPS) is 16.5. The zero-order valence-corrected chi connectivity index (χ0v) is 19.7. The smallest absolute Gasteiger partial charge is 0.407 e. The Kier molecular flexibility index (Phi) is 7.88. The number of aromatic amines is 1. The maximum Gasteiger partial charge on any atom is 0.407 e. The van der Waals surface area contributed by atoms with Crippen LogP contribution >= 0.6 is 0 Å². The third kappa shape index (κ3) is 7.16. The number of aryl methyl sites for hydroxylation is 1. The minimum Gasteiger partial charge on any atom is -0.450 e. The topological polar surface area (TPSA) is 136 Å². The van der Waals surface area contributed by atoms with Gasteiger partial charge in [-0.2, -0.15) is 4.98 Å². The number of H-pyrrole nitrogens is 1. The van der Waals surface area contributed by atoms with Crippen molar-refractivity contribution >= 4 is 22.9 Å². The van der Waals surface area contributed by atoms with Gasteiger partial charge in [0.15, 0.2) is 0 Å². The predicted molar refractivity (Wildman–Crippen MR) is 124 cm³/mol. The number of oxime groups is 1. The summed E-state index contributed by atoms with van der Waals surface area (Å²) in [4.78, 5) is 48.3. The summed E-state index contributed by atoms with van der Waals surface area (Å²) < 4.78 is 10.1. The highest BCUT2D eigenvalue weighted by Gasteiger charge is 2.21. The second kappa shape index (κ2) is 10.6. The van der Waals surface area contributed by atoms with Crippen LogP contribution in [-0.4, -0.2) is 34.4 Å². The molecule has 1 aliphatic rings. The zero-order valence-electron chi connectivity index (χ0n) is 19.7. The van der Waals surface area contributed by atoms with Crippen molar-refractivity contribution in [2.24, 2.45) is 10.6 Å². The molecule has 10 heteroatoms. The third-order valence-corrected chi connectivity index (χ3v) is 5.47. The second-order valence-electron chi connectivity index (χ2n) is 9.44. The van der Waals surface area contributed by atoms with Crippen molar-refractivity contribution in [1.29, 1.82) is 0 Å². The molecule has 2 heterocycles. The van der Waals surface area contributed by atoms with Crippen LogP contribution in [0.5, 0.6) is 6.01 Å². The maximum atomic E-state index is 12.7. The molecular weight excluding hydrogens is 428 g/mol. The molecule has 0 atom stereocenters. The van der Waals surface area contributed by atoms with E-state index in [0.717, 1.165) is 18.6 Å². The van der Waals surface area contributed by atoms with Crippen LogP contribution in [0.4, 0.5) is 4.79 Å². The number of fused-ring (bicyclic) bond motifs is 1. The summed E-state index contributed by atoms with van der Waals surface area (Å²) >= 11 is 0. The zero-order chi connectivity index (χ0) is 24.0. The number of alkyl carbamates (subject to hydrolysis) is 1. The molecule has 0 unspecified atom stereocenters. The standard InChI is InChI=1S/C23H32N4O6/c1-5-31-22(30)24-15-8-10-16(11-9-15)27-33-21-25-19(29)18-14(7-6-12-23(2,3)4)13-17(28)32-20(18)26-21/h13,15H,5-12H2,1-4H3,(H,24,30)(H,25,26,29). The molecule has 1 amide bonds. The van der Waals surface area contributed by atoms with Gasteiger partial charge in [-0.3, -0.25) is 9.78 Å². The fourth-order valence-corrected chi connectivity index (χ4v) is 3.81. The Labute approximate surface area is 191 Å². The number of ether oxygens (including phenoxy) is 1. The van der Waals surface area contributed by atoms with Crippen molar-refractivity contribution in [3.63, 3.8) is 0 Å². The SMILES string of the molecule is CCOC(=O)NC1CCC(=NOc2nc3oc(=O)cc(CCCC(C)(C)C)c3c(=O)[nH]2)CC1. The van der Waals surface area contributed by atoms with Crippen LogP contribution in [-0.2, 0) is 11.2 Å². The molecule has 180 valence electrons. The molecule has 0 aliphatic heterocycles. The van der Waals surface area contributed by atoms with E-state index in [4.69, 9.17) is 14.0 Å². The van der Waals surface area contributed by atoms with E-state index in [0.29, 0.717) is 44.3 Å². The molecule has 0 saturated heterocycles. The van der Waals surface area contributed by atoms with Crippen LogP contribution in [0.15, 0.2) is 25.2 Å². The van der Waals surface area contributed by atoms with Gasteiger partial charge >= 0.3 is 17.7 Å². The molecule has 1 saturated carbocycles. The second-order valence-corrected chi connectivity index (χ2v) is 9.44. The van der Waals surface area contributed by atoms with E-state index in [1.54, 1.807) is 6.92 Å². The number of hydrogen-bond acceptors (Lipinski definition) is 8. The number of amides is 1. The molecular formula is C23H32N4O6. The molecule has 0 spiro atoms.